The maximum Gasteiger partial charge on any atom is 0.287 e. The van der Waals surface area contributed by atoms with Crippen molar-refractivity contribution in [1.82, 2.24) is 14.9 Å². The SMILES string of the molecule is CC(C)C1=c2cccc(F)c2=[N+]1c1cnc(C2CCNCC2)s1. The van der Waals surface area contributed by atoms with E-state index in [1.165, 1.54) is 16.8 Å². The van der Waals surface area contributed by atoms with E-state index in [2.05, 4.69) is 28.7 Å². The number of hydrogen-bond acceptors (Lipinski definition) is 3. The third kappa shape index (κ3) is 2.42. The van der Waals surface area contributed by atoms with Crippen LogP contribution in [0.25, 0.3) is 5.70 Å². The van der Waals surface area contributed by atoms with E-state index < -0.39 is 0 Å². The lowest BCUT2D eigenvalue weighted by atomic mass is 9.99. The van der Waals surface area contributed by atoms with Crippen molar-refractivity contribution in [3.05, 3.63) is 45.8 Å². The third-order valence-corrected chi connectivity index (χ3v) is 5.84. The van der Waals surface area contributed by atoms with Crippen molar-refractivity contribution in [2.45, 2.75) is 32.6 Å². The van der Waals surface area contributed by atoms with Crippen LogP contribution < -0.4 is 20.5 Å². The van der Waals surface area contributed by atoms with E-state index in [1.807, 2.05) is 12.3 Å². The van der Waals surface area contributed by atoms with Gasteiger partial charge in [-0.2, -0.15) is 4.39 Å². The average molecular weight is 330 g/mol. The first-order chi connectivity index (χ1) is 11.2. The fourth-order valence-corrected chi connectivity index (χ4v) is 4.68. The second-order valence-corrected chi connectivity index (χ2v) is 7.61. The lowest BCUT2D eigenvalue weighted by Gasteiger charge is -2.20. The molecule has 2 aliphatic rings. The molecule has 4 rings (SSSR count). The van der Waals surface area contributed by atoms with Crippen LogP contribution in [0.1, 0.15) is 37.6 Å². The Balaban J connectivity index is 1.78. The highest BCUT2D eigenvalue weighted by atomic mass is 32.1. The van der Waals surface area contributed by atoms with Crippen molar-refractivity contribution < 1.29 is 4.39 Å². The molecule has 0 saturated carbocycles. The van der Waals surface area contributed by atoms with Gasteiger partial charge < -0.3 is 5.32 Å². The minimum absolute atomic E-state index is 0.149. The standard InChI is InChI=1S/C18H21FN3S/c1-11(2)16-13-4-3-5-14(19)17(13)22(16)15-10-21-18(23-15)12-6-8-20-9-7-12/h3-5,10-12,20H,6-9H2,1-2H3/q+1. The number of aromatic nitrogens is 1. The second-order valence-electron chi connectivity index (χ2n) is 6.57. The molecule has 120 valence electrons. The summed E-state index contributed by atoms with van der Waals surface area (Å²) in [7, 11) is 0. The Morgan fingerprint density at radius 1 is 1.30 bits per heavy atom. The number of thiazole rings is 1. The summed E-state index contributed by atoms with van der Waals surface area (Å²) in [5, 5.41) is 7.37. The minimum atomic E-state index is -0.149. The van der Waals surface area contributed by atoms with Crippen LogP contribution in [0.3, 0.4) is 0 Å². The summed E-state index contributed by atoms with van der Waals surface area (Å²) < 4.78 is 16.4. The number of piperidine rings is 1. The van der Waals surface area contributed by atoms with E-state index in [0.717, 1.165) is 36.2 Å². The van der Waals surface area contributed by atoms with Crippen molar-refractivity contribution in [3.63, 3.8) is 0 Å². The normalized spacial score (nSPS) is 18.3. The Bertz CT molecular complexity index is 863. The van der Waals surface area contributed by atoms with Gasteiger partial charge in [0, 0.05) is 11.8 Å². The molecule has 0 bridgehead atoms. The molecule has 1 fully saturated rings. The molecule has 0 radical (unpaired) electrons. The van der Waals surface area contributed by atoms with Gasteiger partial charge in [-0.3, -0.25) is 0 Å². The van der Waals surface area contributed by atoms with Crippen LogP contribution in [-0.4, -0.2) is 18.1 Å². The van der Waals surface area contributed by atoms with Crippen LogP contribution in [0, 0.1) is 11.7 Å². The zero-order valence-electron chi connectivity index (χ0n) is 13.5. The lowest BCUT2D eigenvalue weighted by molar-refractivity contribution is 0.459. The van der Waals surface area contributed by atoms with Gasteiger partial charge in [0.1, 0.15) is 16.4 Å². The first-order valence-electron chi connectivity index (χ1n) is 8.29. The first kappa shape index (κ1) is 15.0. The van der Waals surface area contributed by atoms with Gasteiger partial charge in [-0.1, -0.05) is 31.3 Å². The molecule has 2 aliphatic heterocycles. The molecule has 1 aromatic carbocycles. The fourth-order valence-electron chi connectivity index (χ4n) is 3.58. The molecule has 1 saturated heterocycles. The zero-order valence-corrected chi connectivity index (χ0v) is 14.3. The number of hydrogen-bond donors (Lipinski definition) is 1. The first-order valence-corrected chi connectivity index (χ1v) is 9.10. The lowest BCUT2D eigenvalue weighted by Crippen LogP contribution is -2.52. The number of benzene rings is 1. The van der Waals surface area contributed by atoms with Crippen LogP contribution >= 0.6 is 11.3 Å². The van der Waals surface area contributed by atoms with Crippen LogP contribution in [0.15, 0.2) is 24.4 Å². The molecule has 0 amide bonds. The highest BCUT2D eigenvalue weighted by Crippen LogP contribution is 2.34. The quantitative estimate of drug-likeness (QED) is 0.875. The molecule has 0 spiro atoms. The number of halogens is 1. The summed E-state index contributed by atoms with van der Waals surface area (Å²) >= 11 is 1.72. The van der Waals surface area contributed by atoms with E-state index in [0.29, 0.717) is 17.2 Å². The van der Waals surface area contributed by atoms with Crippen molar-refractivity contribution >= 4 is 22.0 Å². The Morgan fingerprint density at radius 3 is 2.83 bits per heavy atom. The zero-order chi connectivity index (χ0) is 16.0. The van der Waals surface area contributed by atoms with Gasteiger partial charge >= 0.3 is 0 Å². The number of rotatable bonds is 3. The smallest absolute Gasteiger partial charge is 0.287 e. The second kappa shape index (κ2) is 5.80. The predicted octanol–water partition coefficient (Wildman–Crippen LogP) is 2.35. The van der Waals surface area contributed by atoms with Gasteiger partial charge in [-0.05, 0) is 38.1 Å². The Hall–Kier alpha value is -1.59. The van der Waals surface area contributed by atoms with Gasteiger partial charge in [-0.25, -0.2) is 4.98 Å². The summed E-state index contributed by atoms with van der Waals surface area (Å²) in [4.78, 5) is 4.65. The van der Waals surface area contributed by atoms with Crippen LogP contribution in [0.5, 0.6) is 0 Å². The van der Waals surface area contributed by atoms with Crippen LogP contribution in [0.4, 0.5) is 9.39 Å². The molecule has 1 aromatic heterocycles. The molecule has 3 heterocycles. The Kier molecular flexibility index (Phi) is 3.77. The van der Waals surface area contributed by atoms with Crippen molar-refractivity contribution in [2.75, 3.05) is 13.1 Å². The molecule has 0 aliphatic carbocycles. The largest absolute Gasteiger partial charge is 0.317 e. The highest BCUT2D eigenvalue weighted by Gasteiger charge is 2.35. The minimum Gasteiger partial charge on any atom is -0.317 e. The molecule has 5 heteroatoms. The molecule has 1 N–H and O–H groups in total. The van der Waals surface area contributed by atoms with Crippen LogP contribution in [-0.2, 0) is 0 Å². The summed E-state index contributed by atoms with van der Waals surface area (Å²) in [5.41, 5.74) is 1.19. The molecule has 23 heavy (non-hydrogen) atoms. The summed E-state index contributed by atoms with van der Waals surface area (Å²) in [6, 6.07) is 5.34. The van der Waals surface area contributed by atoms with Crippen molar-refractivity contribution in [2.24, 2.45) is 5.92 Å². The molecular formula is C18H21FN3S+. The predicted molar refractivity (Wildman–Crippen MR) is 91.8 cm³/mol. The third-order valence-electron chi connectivity index (χ3n) is 4.69. The summed E-state index contributed by atoms with van der Waals surface area (Å²) in [6.45, 7) is 6.43. The van der Waals surface area contributed by atoms with Gasteiger partial charge in [-0.15, -0.1) is 4.58 Å². The monoisotopic (exact) mass is 330 g/mol. The molecule has 2 aromatic rings. The van der Waals surface area contributed by atoms with Crippen LogP contribution in [0.2, 0.25) is 0 Å². The average Bonchev–Trinajstić information content (AvgIpc) is 2.99. The van der Waals surface area contributed by atoms with Gasteiger partial charge in [0.25, 0.3) is 10.4 Å². The van der Waals surface area contributed by atoms with Gasteiger partial charge in [0.15, 0.2) is 5.82 Å². The van der Waals surface area contributed by atoms with Gasteiger partial charge in [0.05, 0.1) is 0 Å². The number of para-hydroxylation sites is 1. The number of fused-ring (bicyclic) bond motifs is 1. The molecule has 0 atom stereocenters. The van der Waals surface area contributed by atoms with Crippen molar-refractivity contribution in [3.8, 4) is 0 Å². The molecule has 0 unspecified atom stereocenters. The van der Waals surface area contributed by atoms with E-state index in [9.17, 15) is 4.39 Å². The van der Waals surface area contributed by atoms with Gasteiger partial charge in [0.2, 0.25) is 5.70 Å². The van der Waals surface area contributed by atoms with E-state index in [1.54, 1.807) is 17.4 Å². The van der Waals surface area contributed by atoms with E-state index >= 15 is 0 Å². The fraction of sp³-hybridized carbons (Fsp3) is 0.444. The Labute approximate surface area is 139 Å². The van der Waals surface area contributed by atoms with E-state index in [-0.39, 0.29) is 5.82 Å². The van der Waals surface area contributed by atoms with E-state index in [4.69, 9.17) is 0 Å². The maximum absolute atomic E-state index is 14.3. The highest BCUT2D eigenvalue weighted by molar-refractivity contribution is 7.15. The number of nitrogens with zero attached hydrogens (tertiary/aromatic N) is 2. The van der Waals surface area contributed by atoms with Crippen molar-refractivity contribution in [1.29, 1.82) is 0 Å². The topological polar surface area (TPSA) is 27.9 Å². The molecule has 3 nitrogen and oxygen atoms in total. The Morgan fingerprint density at radius 2 is 2.09 bits per heavy atom. The molecular weight excluding hydrogens is 309 g/mol. The summed E-state index contributed by atoms with van der Waals surface area (Å²) in [5.74, 6) is 0.747. The number of nitrogens with one attached hydrogen (secondary N) is 1. The maximum atomic E-state index is 14.3. The summed E-state index contributed by atoms with van der Waals surface area (Å²) in [6.07, 6.45) is 4.19.